The van der Waals surface area contributed by atoms with Gasteiger partial charge in [-0.3, -0.25) is 9.69 Å². The van der Waals surface area contributed by atoms with Crippen LogP contribution in [-0.4, -0.2) is 59.6 Å². The SMILES string of the molecule is CCC=CC(=CCCN1CC(=O)Nc2c(N)nc(OC(CC)CC)nc21)CN1CCCC1. The maximum absolute atomic E-state index is 12.3. The van der Waals surface area contributed by atoms with Crippen LogP contribution in [0.1, 0.15) is 59.3 Å². The van der Waals surface area contributed by atoms with Crippen LogP contribution < -0.4 is 20.7 Å². The highest BCUT2D eigenvalue weighted by atomic mass is 16.5. The number of aromatic nitrogens is 2. The third-order valence-corrected chi connectivity index (χ3v) is 5.96. The first-order valence-electron chi connectivity index (χ1n) is 12.0. The molecule has 2 aliphatic rings. The molecule has 0 unspecified atom stereocenters. The van der Waals surface area contributed by atoms with E-state index in [4.69, 9.17) is 10.5 Å². The van der Waals surface area contributed by atoms with E-state index < -0.39 is 0 Å². The highest BCUT2D eigenvalue weighted by Crippen LogP contribution is 2.33. The predicted octanol–water partition coefficient (Wildman–Crippen LogP) is 3.76. The number of nitrogens with two attached hydrogens (primary N) is 1. The molecule has 0 radical (unpaired) electrons. The highest BCUT2D eigenvalue weighted by molar-refractivity contribution is 6.03. The number of allylic oxidation sites excluding steroid dienone is 1. The molecule has 0 saturated carbocycles. The fraction of sp³-hybridized carbons (Fsp3) is 0.625. The Hall–Kier alpha value is -2.61. The monoisotopic (exact) mass is 442 g/mol. The van der Waals surface area contributed by atoms with Crippen molar-refractivity contribution in [2.24, 2.45) is 0 Å². The normalized spacial score (nSPS) is 17.3. The largest absolute Gasteiger partial charge is 0.460 e. The maximum Gasteiger partial charge on any atom is 0.320 e. The van der Waals surface area contributed by atoms with Gasteiger partial charge in [0.2, 0.25) is 5.91 Å². The van der Waals surface area contributed by atoms with E-state index in [-0.39, 0.29) is 30.4 Å². The van der Waals surface area contributed by atoms with Crippen molar-refractivity contribution in [1.29, 1.82) is 0 Å². The first-order valence-corrected chi connectivity index (χ1v) is 12.0. The van der Waals surface area contributed by atoms with E-state index in [1.54, 1.807) is 0 Å². The number of hydrogen-bond acceptors (Lipinski definition) is 7. The van der Waals surface area contributed by atoms with E-state index in [9.17, 15) is 4.79 Å². The van der Waals surface area contributed by atoms with E-state index in [1.165, 1.54) is 31.5 Å². The molecular weight excluding hydrogens is 404 g/mol. The Labute approximate surface area is 191 Å². The third kappa shape index (κ3) is 6.45. The lowest BCUT2D eigenvalue weighted by atomic mass is 10.1. The quantitative estimate of drug-likeness (QED) is 0.504. The number of carbonyl (C=O) groups is 1. The van der Waals surface area contributed by atoms with E-state index >= 15 is 0 Å². The maximum atomic E-state index is 12.3. The van der Waals surface area contributed by atoms with Crippen molar-refractivity contribution >= 4 is 23.2 Å². The number of hydrogen-bond donors (Lipinski definition) is 2. The van der Waals surface area contributed by atoms with Gasteiger partial charge in [0.25, 0.3) is 0 Å². The van der Waals surface area contributed by atoms with Crippen molar-refractivity contribution in [2.45, 2.75) is 65.4 Å². The van der Waals surface area contributed by atoms with E-state index in [2.05, 4.69) is 59.2 Å². The summed E-state index contributed by atoms with van der Waals surface area (Å²) in [6.07, 6.45) is 12.9. The molecule has 0 atom stereocenters. The van der Waals surface area contributed by atoms with Crippen molar-refractivity contribution in [3.8, 4) is 6.01 Å². The Morgan fingerprint density at radius 3 is 2.66 bits per heavy atom. The number of carbonyl (C=O) groups excluding carboxylic acids is 1. The number of rotatable bonds is 11. The van der Waals surface area contributed by atoms with Crippen LogP contribution in [0.3, 0.4) is 0 Å². The van der Waals surface area contributed by atoms with Crippen molar-refractivity contribution in [3.63, 3.8) is 0 Å². The first-order chi connectivity index (χ1) is 15.5. The molecular formula is C24H38N6O2. The van der Waals surface area contributed by atoms with Crippen LogP contribution in [0.2, 0.25) is 0 Å². The molecule has 0 spiro atoms. The Kier molecular flexibility index (Phi) is 8.90. The summed E-state index contributed by atoms with van der Waals surface area (Å²) in [4.78, 5) is 25.6. The van der Waals surface area contributed by atoms with Crippen LogP contribution >= 0.6 is 0 Å². The molecule has 8 heteroatoms. The molecule has 1 amide bonds. The number of nitrogens with zero attached hydrogens (tertiary/aromatic N) is 4. The van der Waals surface area contributed by atoms with Crippen LogP contribution in [0.25, 0.3) is 0 Å². The lowest BCUT2D eigenvalue weighted by Crippen LogP contribution is -2.40. The standard InChI is InChI=1S/C24H38N6O2/c1-4-7-11-18(16-29-13-8-9-14-29)12-10-15-30-17-20(31)26-21-22(25)27-24(28-23(21)30)32-19(5-2)6-3/h7,11-12,19H,4-6,8-10,13-17H2,1-3H3,(H,26,31)(H2,25,27,28). The minimum Gasteiger partial charge on any atom is -0.460 e. The average molecular weight is 443 g/mol. The summed E-state index contributed by atoms with van der Waals surface area (Å²) in [5.74, 6) is 0.774. The zero-order valence-corrected chi connectivity index (χ0v) is 19.8. The minimum atomic E-state index is -0.103. The fourth-order valence-electron chi connectivity index (χ4n) is 4.12. The molecule has 1 aromatic rings. The topological polar surface area (TPSA) is 96.6 Å². The highest BCUT2D eigenvalue weighted by Gasteiger charge is 2.27. The van der Waals surface area contributed by atoms with E-state index in [1.807, 2.05) is 4.90 Å². The number of likely N-dealkylation sites (tertiary alicyclic amines) is 1. The smallest absolute Gasteiger partial charge is 0.320 e. The molecule has 0 bridgehead atoms. The van der Waals surface area contributed by atoms with Gasteiger partial charge >= 0.3 is 6.01 Å². The van der Waals surface area contributed by atoms with Crippen molar-refractivity contribution in [1.82, 2.24) is 14.9 Å². The summed E-state index contributed by atoms with van der Waals surface area (Å²) in [5.41, 5.74) is 7.96. The second-order valence-corrected chi connectivity index (χ2v) is 8.48. The van der Waals surface area contributed by atoms with Crippen LogP contribution in [-0.2, 0) is 4.79 Å². The number of nitrogens with one attached hydrogen (secondary N) is 1. The predicted molar refractivity (Wildman–Crippen MR) is 130 cm³/mol. The van der Waals surface area contributed by atoms with E-state index in [0.29, 0.717) is 18.1 Å². The molecule has 176 valence electrons. The van der Waals surface area contributed by atoms with Crippen LogP contribution in [0.5, 0.6) is 6.01 Å². The lowest BCUT2D eigenvalue weighted by molar-refractivity contribution is -0.115. The Bertz CT molecular complexity index is 828. The number of fused-ring (bicyclic) bond motifs is 1. The fourth-order valence-corrected chi connectivity index (χ4v) is 4.12. The molecule has 8 nitrogen and oxygen atoms in total. The summed E-state index contributed by atoms with van der Waals surface area (Å²) < 4.78 is 5.93. The third-order valence-electron chi connectivity index (χ3n) is 5.96. The second kappa shape index (κ2) is 11.9. The lowest BCUT2D eigenvalue weighted by Gasteiger charge is -2.30. The van der Waals surface area contributed by atoms with Gasteiger partial charge in [-0.2, -0.15) is 9.97 Å². The zero-order valence-electron chi connectivity index (χ0n) is 19.8. The van der Waals surface area contributed by atoms with Gasteiger partial charge in [0, 0.05) is 13.1 Å². The van der Waals surface area contributed by atoms with Gasteiger partial charge in [-0.15, -0.1) is 0 Å². The molecule has 0 aromatic carbocycles. The molecule has 1 aromatic heterocycles. The van der Waals surface area contributed by atoms with Gasteiger partial charge in [0.05, 0.1) is 6.54 Å². The number of ether oxygens (including phenoxy) is 1. The molecule has 0 aliphatic carbocycles. The molecule has 32 heavy (non-hydrogen) atoms. The van der Waals surface area contributed by atoms with Gasteiger partial charge in [0.1, 0.15) is 11.8 Å². The van der Waals surface area contributed by atoms with Gasteiger partial charge < -0.3 is 20.7 Å². The molecule has 3 rings (SSSR count). The number of nitrogen functional groups attached to an aromatic ring is 1. The zero-order chi connectivity index (χ0) is 22.9. The minimum absolute atomic E-state index is 0.0421. The van der Waals surface area contributed by atoms with Gasteiger partial charge in [-0.25, -0.2) is 0 Å². The Morgan fingerprint density at radius 1 is 1.22 bits per heavy atom. The Morgan fingerprint density at radius 2 is 1.97 bits per heavy atom. The van der Waals surface area contributed by atoms with Gasteiger partial charge in [0.15, 0.2) is 11.6 Å². The Balaban J connectivity index is 1.74. The van der Waals surface area contributed by atoms with Gasteiger partial charge in [-0.1, -0.05) is 39.0 Å². The summed E-state index contributed by atoms with van der Waals surface area (Å²) in [6.45, 7) is 10.5. The second-order valence-electron chi connectivity index (χ2n) is 8.48. The van der Waals surface area contributed by atoms with Crippen LogP contribution in [0, 0.1) is 0 Å². The average Bonchev–Trinajstić information content (AvgIpc) is 3.29. The summed E-state index contributed by atoms with van der Waals surface area (Å²) in [6, 6.07) is 0.271. The molecule has 1 fully saturated rings. The summed E-state index contributed by atoms with van der Waals surface area (Å²) in [5, 5.41) is 2.82. The summed E-state index contributed by atoms with van der Waals surface area (Å²) >= 11 is 0. The van der Waals surface area contributed by atoms with Crippen molar-refractivity contribution < 1.29 is 9.53 Å². The van der Waals surface area contributed by atoms with Crippen LogP contribution in [0.4, 0.5) is 17.3 Å². The number of amides is 1. The van der Waals surface area contributed by atoms with E-state index in [0.717, 1.165) is 32.2 Å². The van der Waals surface area contributed by atoms with Crippen LogP contribution in [0.15, 0.2) is 23.8 Å². The van der Waals surface area contributed by atoms with Crippen molar-refractivity contribution in [3.05, 3.63) is 23.8 Å². The van der Waals surface area contributed by atoms with Gasteiger partial charge in [-0.05, 0) is 57.2 Å². The molecule has 3 heterocycles. The van der Waals surface area contributed by atoms with Crippen molar-refractivity contribution in [2.75, 3.05) is 48.7 Å². The molecule has 3 N–H and O–H groups in total. The summed E-state index contributed by atoms with van der Waals surface area (Å²) in [7, 11) is 0. The first kappa shape index (κ1) is 24.0. The molecule has 2 aliphatic heterocycles. The molecule has 1 saturated heterocycles. The number of anilines is 3.